The number of thiol groups is 1. The van der Waals surface area contributed by atoms with Crippen LogP contribution in [-0.4, -0.2) is 86.2 Å². The van der Waals surface area contributed by atoms with E-state index in [1.165, 1.54) is 12.5 Å². The first-order valence-corrected chi connectivity index (χ1v) is 13.8. The number of para-hydroxylation sites is 1. The number of aliphatic imine (C=N–C) groups is 1. The number of rotatable bonds is 16. The second-order valence-corrected chi connectivity index (χ2v) is 9.97. The maximum Gasteiger partial charge on any atom is 0.327 e. The lowest BCUT2D eigenvalue weighted by atomic mass is 10.0. The van der Waals surface area contributed by atoms with Crippen molar-refractivity contribution in [2.45, 2.75) is 49.9 Å². The number of carbonyl (C=O) groups excluding carboxylic acids is 3. The molecule has 3 aromatic rings. The number of fused-ring (bicyclic) bond motifs is 1. The summed E-state index contributed by atoms with van der Waals surface area (Å²) in [5.74, 6) is -3.55. The van der Waals surface area contributed by atoms with Gasteiger partial charge < -0.3 is 48.2 Å². The Morgan fingerprint density at radius 1 is 0.976 bits per heavy atom. The molecule has 0 aliphatic carbocycles. The molecule has 0 saturated heterocycles. The van der Waals surface area contributed by atoms with Gasteiger partial charge in [-0.05, 0) is 30.9 Å². The molecule has 0 fully saturated rings. The summed E-state index contributed by atoms with van der Waals surface area (Å²) < 4.78 is 0. The van der Waals surface area contributed by atoms with Gasteiger partial charge in [0.25, 0.3) is 0 Å². The number of carboxylic acid groups (broad SMARTS) is 1. The molecule has 0 spiro atoms. The summed E-state index contributed by atoms with van der Waals surface area (Å²) in [7, 11) is 0. The van der Waals surface area contributed by atoms with E-state index in [1.807, 2.05) is 24.3 Å². The van der Waals surface area contributed by atoms with Crippen LogP contribution >= 0.6 is 12.6 Å². The molecular weight excluding hydrogens is 564 g/mol. The van der Waals surface area contributed by atoms with Crippen LogP contribution in [0.3, 0.4) is 0 Å². The molecule has 12 N–H and O–H groups in total. The molecule has 0 saturated carbocycles. The highest BCUT2D eigenvalue weighted by molar-refractivity contribution is 7.80. The van der Waals surface area contributed by atoms with E-state index in [0.717, 1.165) is 16.5 Å². The second-order valence-electron chi connectivity index (χ2n) is 9.60. The number of carbonyl (C=O) groups is 4. The van der Waals surface area contributed by atoms with E-state index < -0.39 is 47.9 Å². The van der Waals surface area contributed by atoms with Crippen molar-refractivity contribution < 1.29 is 24.3 Å². The maximum absolute atomic E-state index is 13.5. The standard InChI is InChI=1S/C26H36N10O5S/c27-17(8-14-10-32-18-5-2-1-4-16(14)18)22(37)34-19(6-3-7-31-26(28)29)23(38)35-20(9-15-11-30-13-33-15)24(39)36-21(12-42)25(40)41/h1-2,4-5,10-11,13,17,19-21,32,42H,3,6-9,12,27H2,(H,30,33)(H,34,37)(H,35,38)(H,36,39)(H,40,41)(H4,28,29,31). The van der Waals surface area contributed by atoms with E-state index in [2.05, 4.69) is 48.5 Å². The molecule has 3 rings (SSSR count). The van der Waals surface area contributed by atoms with Crippen molar-refractivity contribution >= 4 is 53.2 Å². The van der Waals surface area contributed by atoms with Crippen molar-refractivity contribution in [3.8, 4) is 0 Å². The average molecular weight is 601 g/mol. The second kappa shape index (κ2) is 15.4. The maximum atomic E-state index is 13.5. The number of H-pyrrole nitrogens is 2. The minimum atomic E-state index is -1.28. The van der Waals surface area contributed by atoms with Crippen molar-refractivity contribution in [3.05, 3.63) is 54.2 Å². The molecule has 226 valence electrons. The Morgan fingerprint density at radius 2 is 1.67 bits per heavy atom. The number of nitrogens with zero attached hydrogens (tertiary/aromatic N) is 2. The fourth-order valence-electron chi connectivity index (χ4n) is 4.24. The van der Waals surface area contributed by atoms with Crippen LogP contribution < -0.4 is 33.2 Å². The van der Waals surface area contributed by atoms with Crippen molar-refractivity contribution in [1.29, 1.82) is 0 Å². The highest BCUT2D eigenvalue weighted by atomic mass is 32.1. The first kappa shape index (κ1) is 32.0. The van der Waals surface area contributed by atoms with Gasteiger partial charge in [0.2, 0.25) is 17.7 Å². The predicted molar refractivity (Wildman–Crippen MR) is 159 cm³/mol. The lowest BCUT2D eigenvalue weighted by molar-refractivity contribution is -0.141. The number of benzene rings is 1. The normalized spacial score (nSPS) is 13.9. The zero-order chi connectivity index (χ0) is 30.6. The van der Waals surface area contributed by atoms with E-state index in [1.54, 1.807) is 6.20 Å². The van der Waals surface area contributed by atoms with Gasteiger partial charge in [0.15, 0.2) is 5.96 Å². The van der Waals surface area contributed by atoms with Crippen molar-refractivity contribution in [2.24, 2.45) is 22.2 Å². The number of aromatic nitrogens is 3. The Bertz CT molecular complexity index is 1390. The van der Waals surface area contributed by atoms with Gasteiger partial charge in [-0.15, -0.1) is 0 Å². The largest absolute Gasteiger partial charge is 0.480 e. The van der Waals surface area contributed by atoms with Crippen LogP contribution in [0.1, 0.15) is 24.1 Å². The molecule has 2 heterocycles. The highest BCUT2D eigenvalue weighted by Crippen LogP contribution is 2.19. The number of nitrogens with two attached hydrogens (primary N) is 3. The van der Waals surface area contributed by atoms with Crippen molar-refractivity contribution in [1.82, 2.24) is 30.9 Å². The fraction of sp³-hybridized carbons (Fsp3) is 0.385. The van der Waals surface area contributed by atoms with Crippen molar-refractivity contribution in [2.75, 3.05) is 12.3 Å². The topological polar surface area (TPSA) is 259 Å². The van der Waals surface area contributed by atoms with E-state index in [4.69, 9.17) is 17.2 Å². The number of aliphatic carboxylic acids is 1. The monoisotopic (exact) mass is 600 g/mol. The number of aromatic amines is 2. The molecule has 16 heteroatoms. The van der Waals surface area contributed by atoms with E-state index in [0.29, 0.717) is 12.1 Å². The van der Waals surface area contributed by atoms with Gasteiger partial charge in [-0.1, -0.05) is 18.2 Å². The van der Waals surface area contributed by atoms with Crippen LogP contribution in [0.25, 0.3) is 10.9 Å². The average Bonchev–Trinajstić information content (AvgIpc) is 3.62. The zero-order valence-electron chi connectivity index (χ0n) is 22.7. The number of hydrogen-bond acceptors (Lipinski definition) is 8. The molecule has 0 aliphatic heterocycles. The minimum absolute atomic E-state index is 0.0226. The van der Waals surface area contributed by atoms with E-state index >= 15 is 0 Å². The third-order valence-electron chi connectivity index (χ3n) is 6.44. The molecule has 42 heavy (non-hydrogen) atoms. The number of carboxylic acids is 1. The van der Waals surface area contributed by atoms with Gasteiger partial charge in [0.1, 0.15) is 18.1 Å². The van der Waals surface area contributed by atoms with Crippen molar-refractivity contribution in [3.63, 3.8) is 0 Å². The zero-order valence-corrected chi connectivity index (χ0v) is 23.6. The number of guanidine groups is 1. The van der Waals surface area contributed by atoms with E-state index in [9.17, 15) is 24.3 Å². The van der Waals surface area contributed by atoms with Gasteiger partial charge in [-0.3, -0.25) is 19.4 Å². The molecule has 0 bridgehead atoms. The molecule has 4 unspecified atom stereocenters. The summed E-state index contributed by atoms with van der Waals surface area (Å²) in [6.45, 7) is 0.198. The lowest BCUT2D eigenvalue weighted by Gasteiger charge is -2.25. The number of hydrogen-bond donors (Lipinski definition) is 10. The Balaban J connectivity index is 1.75. The number of nitrogens with one attached hydrogen (secondary N) is 5. The van der Waals surface area contributed by atoms with Gasteiger partial charge >= 0.3 is 5.97 Å². The Labute approximate surface area is 246 Å². The lowest BCUT2D eigenvalue weighted by Crippen LogP contribution is -2.58. The SMILES string of the molecule is NC(N)=NCCCC(NC(=O)C(N)Cc1c[nH]c2ccccc12)C(=O)NC(Cc1cnc[nH]1)C(=O)NC(CS)C(=O)O. The Hall–Kier alpha value is -4.57. The van der Waals surface area contributed by atoms with Crippen LogP contribution in [0.15, 0.2) is 48.0 Å². The molecule has 0 aliphatic rings. The third kappa shape index (κ3) is 9.24. The molecule has 4 atom stereocenters. The van der Waals surface area contributed by atoms with Crippen LogP contribution in [0.2, 0.25) is 0 Å². The Morgan fingerprint density at radius 3 is 2.33 bits per heavy atom. The van der Waals surface area contributed by atoms with Crippen LogP contribution in [-0.2, 0) is 32.0 Å². The van der Waals surface area contributed by atoms with Crippen LogP contribution in [0, 0.1) is 0 Å². The molecule has 2 aromatic heterocycles. The summed E-state index contributed by atoms with van der Waals surface area (Å²) in [6.07, 6.45) is 5.30. The molecular formula is C26H36N10O5S. The fourth-order valence-corrected chi connectivity index (χ4v) is 4.48. The van der Waals surface area contributed by atoms with E-state index in [-0.39, 0.29) is 37.5 Å². The van der Waals surface area contributed by atoms with Gasteiger partial charge in [0.05, 0.1) is 12.4 Å². The summed E-state index contributed by atoms with van der Waals surface area (Å²) in [6, 6.07) is 3.04. The minimum Gasteiger partial charge on any atom is -0.480 e. The van der Waals surface area contributed by atoms with Gasteiger partial charge in [-0.2, -0.15) is 12.6 Å². The smallest absolute Gasteiger partial charge is 0.327 e. The highest BCUT2D eigenvalue weighted by Gasteiger charge is 2.30. The summed E-state index contributed by atoms with van der Waals surface area (Å²) in [4.78, 5) is 64.9. The van der Waals surface area contributed by atoms with Crippen LogP contribution in [0.4, 0.5) is 0 Å². The predicted octanol–water partition coefficient (Wildman–Crippen LogP) is -1.47. The number of imidazole rings is 1. The quantitative estimate of drug-likeness (QED) is 0.0397. The third-order valence-corrected chi connectivity index (χ3v) is 6.80. The van der Waals surface area contributed by atoms with Crippen LogP contribution in [0.5, 0.6) is 0 Å². The number of amides is 3. The van der Waals surface area contributed by atoms with Gasteiger partial charge in [-0.25, -0.2) is 9.78 Å². The molecule has 15 nitrogen and oxygen atoms in total. The molecule has 1 aromatic carbocycles. The van der Waals surface area contributed by atoms with Gasteiger partial charge in [0, 0.05) is 47.7 Å². The first-order valence-electron chi connectivity index (χ1n) is 13.2. The summed E-state index contributed by atoms with van der Waals surface area (Å²) in [5, 5.41) is 17.9. The molecule has 0 radical (unpaired) electrons. The Kier molecular flexibility index (Phi) is 11.7. The summed E-state index contributed by atoms with van der Waals surface area (Å²) >= 11 is 3.97. The first-order chi connectivity index (χ1) is 20.1. The summed E-state index contributed by atoms with van der Waals surface area (Å²) in [5.41, 5.74) is 19.3. The molecule has 3 amide bonds.